The molecular weight excluding hydrogens is 304 g/mol. The highest BCUT2D eigenvalue weighted by Crippen LogP contribution is 2.37. The number of hydrazine groups is 1. The van der Waals surface area contributed by atoms with E-state index < -0.39 is 0 Å². The molecule has 0 aromatic carbocycles. The van der Waals surface area contributed by atoms with Crippen LogP contribution in [0.3, 0.4) is 0 Å². The molecule has 1 aliphatic carbocycles. The maximum Gasteiger partial charge on any atom is 0.281 e. The summed E-state index contributed by atoms with van der Waals surface area (Å²) in [6.07, 6.45) is 0.891. The lowest BCUT2D eigenvalue weighted by Gasteiger charge is -2.25. The molecular formula is C14H20N4O3S. The SMILES string of the molecule is Cc1nc(N2CCOCC2)sc1C(=O)NNC(=O)[C@H]1C[C@H]1C. The van der Waals surface area contributed by atoms with E-state index in [0.29, 0.717) is 29.7 Å². The molecule has 2 aliphatic rings. The van der Waals surface area contributed by atoms with Crippen LogP contribution in [0, 0.1) is 18.8 Å². The number of aryl methyl sites for hydroxylation is 1. The fourth-order valence-corrected chi connectivity index (χ4v) is 3.45. The van der Waals surface area contributed by atoms with Crippen molar-refractivity contribution >= 4 is 28.3 Å². The molecule has 120 valence electrons. The van der Waals surface area contributed by atoms with Crippen molar-refractivity contribution in [2.45, 2.75) is 20.3 Å². The standard InChI is InChI=1S/C14H20N4O3S/c1-8-7-10(8)12(19)16-17-13(20)11-9(2)15-14(22-11)18-3-5-21-6-4-18/h8,10H,3-7H2,1-2H3,(H,16,19)(H,17,20)/t8-,10+/m1/s1. The van der Waals surface area contributed by atoms with Crippen molar-refractivity contribution in [2.75, 3.05) is 31.2 Å². The topological polar surface area (TPSA) is 83.6 Å². The number of nitrogens with one attached hydrogen (secondary N) is 2. The molecule has 1 aromatic heterocycles. The van der Waals surface area contributed by atoms with Crippen LogP contribution in [-0.4, -0.2) is 43.1 Å². The van der Waals surface area contributed by atoms with E-state index >= 15 is 0 Å². The highest BCUT2D eigenvalue weighted by atomic mass is 32.1. The molecule has 8 heteroatoms. The van der Waals surface area contributed by atoms with Gasteiger partial charge in [-0.2, -0.15) is 0 Å². The predicted octanol–water partition coefficient (Wildman–Crippen LogP) is 0.705. The van der Waals surface area contributed by atoms with Crippen molar-refractivity contribution in [3.63, 3.8) is 0 Å². The Labute approximate surface area is 133 Å². The molecule has 0 radical (unpaired) electrons. The summed E-state index contributed by atoms with van der Waals surface area (Å²) in [5, 5.41) is 0.827. The first-order valence-electron chi connectivity index (χ1n) is 7.46. The Morgan fingerprint density at radius 1 is 1.32 bits per heavy atom. The van der Waals surface area contributed by atoms with Gasteiger partial charge in [0.05, 0.1) is 18.9 Å². The van der Waals surface area contributed by atoms with Gasteiger partial charge in [0, 0.05) is 19.0 Å². The summed E-state index contributed by atoms with van der Waals surface area (Å²) >= 11 is 1.35. The second kappa shape index (κ2) is 6.21. The van der Waals surface area contributed by atoms with E-state index in [1.165, 1.54) is 11.3 Å². The molecule has 2 atom stereocenters. The Morgan fingerprint density at radius 3 is 2.64 bits per heavy atom. The molecule has 2 heterocycles. The van der Waals surface area contributed by atoms with Gasteiger partial charge in [-0.15, -0.1) is 0 Å². The number of carbonyl (C=O) groups is 2. The Bertz CT molecular complexity index is 583. The zero-order chi connectivity index (χ0) is 15.7. The van der Waals surface area contributed by atoms with Crippen LogP contribution in [0.2, 0.25) is 0 Å². The van der Waals surface area contributed by atoms with Crippen molar-refractivity contribution in [1.29, 1.82) is 0 Å². The molecule has 2 amide bonds. The first kappa shape index (κ1) is 15.2. The van der Waals surface area contributed by atoms with Crippen molar-refractivity contribution in [3.8, 4) is 0 Å². The first-order valence-corrected chi connectivity index (χ1v) is 8.28. The van der Waals surface area contributed by atoms with Crippen LogP contribution in [0.1, 0.15) is 28.7 Å². The molecule has 22 heavy (non-hydrogen) atoms. The Morgan fingerprint density at radius 2 is 2.00 bits per heavy atom. The number of ether oxygens (including phenoxy) is 1. The minimum atomic E-state index is -0.309. The third kappa shape index (κ3) is 3.22. The van der Waals surface area contributed by atoms with E-state index in [-0.39, 0.29) is 17.7 Å². The molecule has 1 aliphatic heterocycles. The highest BCUT2D eigenvalue weighted by Gasteiger charge is 2.39. The predicted molar refractivity (Wildman–Crippen MR) is 82.8 cm³/mol. The zero-order valence-corrected chi connectivity index (χ0v) is 13.5. The molecule has 2 N–H and O–H groups in total. The summed E-state index contributed by atoms with van der Waals surface area (Å²) in [6, 6.07) is 0. The second-order valence-corrected chi connectivity index (χ2v) is 6.75. The molecule has 2 fully saturated rings. The van der Waals surface area contributed by atoms with Crippen LogP contribution in [0.25, 0.3) is 0 Å². The van der Waals surface area contributed by atoms with Gasteiger partial charge in [0.25, 0.3) is 5.91 Å². The van der Waals surface area contributed by atoms with E-state index in [4.69, 9.17) is 4.74 Å². The van der Waals surface area contributed by atoms with Gasteiger partial charge in [-0.3, -0.25) is 20.4 Å². The van der Waals surface area contributed by atoms with Gasteiger partial charge in [0.2, 0.25) is 5.91 Å². The zero-order valence-electron chi connectivity index (χ0n) is 12.7. The number of morpholine rings is 1. The molecule has 0 bridgehead atoms. The Kier molecular flexibility index (Phi) is 4.30. The molecule has 0 unspecified atom stereocenters. The summed E-state index contributed by atoms with van der Waals surface area (Å²) in [7, 11) is 0. The third-order valence-corrected chi connectivity index (χ3v) is 5.24. The van der Waals surface area contributed by atoms with Crippen LogP contribution in [0.4, 0.5) is 5.13 Å². The number of rotatable bonds is 3. The molecule has 1 saturated heterocycles. The van der Waals surface area contributed by atoms with Crippen molar-refractivity contribution < 1.29 is 14.3 Å². The van der Waals surface area contributed by atoms with Gasteiger partial charge in [-0.1, -0.05) is 18.3 Å². The van der Waals surface area contributed by atoms with Gasteiger partial charge in [0.15, 0.2) is 5.13 Å². The van der Waals surface area contributed by atoms with Gasteiger partial charge in [-0.25, -0.2) is 4.98 Å². The maximum absolute atomic E-state index is 12.2. The Hall–Kier alpha value is -1.67. The quantitative estimate of drug-likeness (QED) is 0.800. The third-order valence-electron chi connectivity index (χ3n) is 4.02. The van der Waals surface area contributed by atoms with Gasteiger partial charge in [-0.05, 0) is 19.3 Å². The summed E-state index contributed by atoms with van der Waals surface area (Å²) in [5.74, 6) is 0.0225. The van der Waals surface area contributed by atoms with E-state index in [0.717, 1.165) is 24.6 Å². The van der Waals surface area contributed by atoms with Crippen molar-refractivity contribution in [3.05, 3.63) is 10.6 Å². The fourth-order valence-electron chi connectivity index (χ4n) is 2.44. The van der Waals surface area contributed by atoms with Crippen LogP contribution in [-0.2, 0) is 9.53 Å². The number of amides is 2. The van der Waals surface area contributed by atoms with E-state index in [1.54, 1.807) is 6.92 Å². The number of aromatic nitrogens is 1. The van der Waals surface area contributed by atoms with Gasteiger partial charge >= 0.3 is 0 Å². The lowest BCUT2D eigenvalue weighted by Crippen LogP contribution is -2.42. The average Bonchev–Trinajstić information content (AvgIpc) is 3.13. The largest absolute Gasteiger partial charge is 0.378 e. The lowest BCUT2D eigenvalue weighted by atomic mass is 10.3. The molecule has 1 saturated carbocycles. The number of hydrogen-bond donors (Lipinski definition) is 2. The minimum absolute atomic E-state index is 0.0340. The maximum atomic E-state index is 12.2. The van der Waals surface area contributed by atoms with E-state index in [2.05, 4.69) is 20.7 Å². The molecule has 7 nitrogen and oxygen atoms in total. The van der Waals surface area contributed by atoms with Crippen molar-refractivity contribution in [2.24, 2.45) is 11.8 Å². The summed E-state index contributed by atoms with van der Waals surface area (Å²) in [4.78, 5) is 31.0. The summed E-state index contributed by atoms with van der Waals surface area (Å²) in [5.41, 5.74) is 5.66. The molecule has 1 aromatic rings. The highest BCUT2D eigenvalue weighted by molar-refractivity contribution is 7.17. The molecule has 0 spiro atoms. The summed E-state index contributed by atoms with van der Waals surface area (Å²) in [6.45, 7) is 6.74. The van der Waals surface area contributed by atoms with Crippen LogP contribution in [0.15, 0.2) is 0 Å². The fraction of sp³-hybridized carbons (Fsp3) is 0.643. The lowest BCUT2D eigenvalue weighted by molar-refractivity contribution is -0.123. The Balaban J connectivity index is 1.59. The first-order chi connectivity index (χ1) is 10.6. The molecule has 3 rings (SSSR count). The van der Waals surface area contributed by atoms with Crippen molar-refractivity contribution in [1.82, 2.24) is 15.8 Å². The average molecular weight is 324 g/mol. The van der Waals surface area contributed by atoms with Gasteiger partial charge < -0.3 is 9.64 Å². The number of anilines is 1. The van der Waals surface area contributed by atoms with E-state index in [9.17, 15) is 9.59 Å². The number of carbonyl (C=O) groups excluding carboxylic acids is 2. The van der Waals surface area contributed by atoms with Gasteiger partial charge in [0.1, 0.15) is 4.88 Å². The summed E-state index contributed by atoms with van der Waals surface area (Å²) < 4.78 is 5.32. The van der Waals surface area contributed by atoms with Crippen LogP contribution >= 0.6 is 11.3 Å². The van der Waals surface area contributed by atoms with Crippen LogP contribution in [0.5, 0.6) is 0 Å². The smallest absolute Gasteiger partial charge is 0.281 e. The number of nitrogens with zero attached hydrogens (tertiary/aromatic N) is 2. The van der Waals surface area contributed by atoms with Crippen LogP contribution < -0.4 is 15.8 Å². The number of hydrogen-bond acceptors (Lipinski definition) is 6. The number of thiazole rings is 1. The monoisotopic (exact) mass is 324 g/mol. The van der Waals surface area contributed by atoms with E-state index in [1.807, 2.05) is 6.92 Å². The minimum Gasteiger partial charge on any atom is -0.378 e. The second-order valence-electron chi connectivity index (χ2n) is 5.77. The normalized spacial score (nSPS) is 24.0.